The molecule has 7 heteroatoms. The molecule has 0 aliphatic carbocycles. The number of rotatable bonds is 4. The molecule has 0 unspecified atom stereocenters. The third kappa shape index (κ3) is 4.62. The van der Waals surface area contributed by atoms with E-state index in [1.54, 1.807) is 36.5 Å². The third-order valence-corrected chi connectivity index (χ3v) is 5.54. The zero-order valence-electron chi connectivity index (χ0n) is 17.5. The summed E-state index contributed by atoms with van der Waals surface area (Å²) in [6, 6.07) is 10.7. The van der Waals surface area contributed by atoms with Crippen LogP contribution in [0.15, 0.2) is 42.6 Å². The quantitative estimate of drug-likeness (QED) is 0.841. The lowest BCUT2D eigenvalue weighted by molar-refractivity contribution is -0.00546. The molecule has 2 aromatic rings. The maximum Gasteiger partial charge on any atom is 0.257 e. The van der Waals surface area contributed by atoms with Crippen molar-refractivity contribution < 1.29 is 14.3 Å². The number of carbonyl (C=O) groups excluding carboxylic acids is 2. The Labute approximate surface area is 177 Å². The van der Waals surface area contributed by atoms with E-state index in [4.69, 9.17) is 4.74 Å². The Bertz CT molecular complexity index is 882. The monoisotopic (exact) mass is 408 g/mol. The van der Waals surface area contributed by atoms with Gasteiger partial charge in [0.25, 0.3) is 11.8 Å². The van der Waals surface area contributed by atoms with Crippen molar-refractivity contribution in [2.75, 3.05) is 36.4 Å². The van der Waals surface area contributed by atoms with Crippen LogP contribution in [0.2, 0.25) is 0 Å². The highest BCUT2D eigenvalue weighted by Crippen LogP contribution is 2.19. The minimum absolute atomic E-state index is 0.0527. The second-order valence-electron chi connectivity index (χ2n) is 8.10. The van der Waals surface area contributed by atoms with E-state index in [1.165, 1.54) is 0 Å². The molecule has 3 heterocycles. The Morgan fingerprint density at radius 3 is 2.20 bits per heavy atom. The Morgan fingerprint density at radius 2 is 1.60 bits per heavy atom. The van der Waals surface area contributed by atoms with Gasteiger partial charge >= 0.3 is 0 Å². The predicted octanol–water partition coefficient (Wildman–Crippen LogP) is 3.18. The van der Waals surface area contributed by atoms with E-state index in [-0.39, 0.29) is 24.0 Å². The summed E-state index contributed by atoms with van der Waals surface area (Å²) in [5.74, 6) is 0.673. The summed E-state index contributed by atoms with van der Waals surface area (Å²) in [5.41, 5.74) is 1.79. The van der Waals surface area contributed by atoms with Gasteiger partial charge in [-0.25, -0.2) is 4.98 Å². The molecule has 158 valence electrons. The highest BCUT2D eigenvalue weighted by atomic mass is 16.5. The van der Waals surface area contributed by atoms with Gasteiger partial charge in [-0.2, -0.15) is 0 Å². The van der Waals surface area contributed by atoms with Crippen molar-refractivity contribution in [2.24, 2.45) is 0 Å². The van der Waals surface area contributed by atoms with Crippen LogP contribution in [0.25, 0.3) is 0 Å². The van der Waals surface area contributed by atoms with E-state index in [1.807, 2.05) is 11.0 Å². The summed E-state index contributed by atoms with van der Waals surface area (Å²) < 4.78 is 5.76. The molecule has 2 saturated heterocycles. The van der Waals surface area contributed by atoms with E-state index in [9.17, 15) is 9.59 Å². The van der Waals surface area contributed by atoms with Gasteiger partial charge in [0, 0.05) is 43.6 Å². The molecule has 2 atom stereocenters. The molecule has 2 aliphatic rings. The van der Waals surface area contributed by atoms with Crippen LogP contribution in [0.5, 0.6) is 0 Å². The number of amides is 2. The van der Waals surface area contributed by atoms with E-state index in [0.717, 1.165) is 44.8 Å². The lowest BCUT2D eigenvalue weighted by Gasteiger charge is -2.36. The van der Waals surface area contributed by atoms with Crippen molar-refractivity contribution in [3.05, 3.63) is 53.7 Å². The minimum atomic E-state index is -0.226. The molecular formula is C23H28N4O3. The maximum atomic E-state index is 12.6. The van der Waals surface area contributed by atoms with Gasteiger partial charge < -0.3 is 19.9 Å². The Hall–Kier alpha value is -2.93. The SMILES string of the molecule is C[C@H]1CN(c2ccc(C(=O)Nc3ccc(C(=O)N4CCCC4)cc3)cn2)C[C@H](C)O1. The smallest absolute Gasteiger partial charge is 0.257 e. The van der Waals surface area contributed by atoms with Crippen LogP contribution in [0.4, 0.5) is 11.5 Å². The predicted molar refractivity (Wildman–Crippen MR) is 116 cm³/mol. The molecule has 1 N–H and O–H groups in total. The van der Waals surface area contributed by atoms with Crippen LogP contribution in [0.3, 0.4) is 0 Å². The molecule has 0 saturated carbocycles. The summed E-state index contributed by atoms with van der Waals surface area (Å²) in [4.78, 5) is 33.5. The average molecular weight is 409 g/mol. The Kier molecular flexibility index (Phi) is 5.99. The molecule has 2 amide bonds. The number of anilines is 2. The third-order valence-electron chi connectivity index (χ3n) is 5.54. The zero-order chi connectivity index (χ0) is 21.1. The molecule has 7 nitrogen and oxygen atoms in total. The second kappa shape index (κ2) is 8.83. The first-order valence-corrected chi connectivity index (χ1v) is 10.6. The van der Waals surface area contributed by atoms with Gasteiger partial charge in [-0.15, -0.1) is 0 Å². The number of hydrogen-bond donors (Lipinski definition) is 1. The number of aromatic nitrogens is 1. The fourth-order valence-electron chi connectivity index (χ4n) is 4.07. The van der Waals surface area contributed by atoms with Crippen molar-refractivity contribution in [1.29, 1.82) is 0 Å². The zero-order valence-corrected chi connectivity index (χ0v) is 17.5. The largest absolute Gasteiger partial charge is 0.372 e. The number of benzene rings is 1. The van der Waals surface area contributed by atoms with Gasteiger partial charge in [0.1, 0.15) is 5.82 Å². The number of ether oxygens (including phenoxy) is 1. The number of pyridine rings is 1. The number of morpholine rings is 1. The van der Waals surface area contributed by atoms with Crippen molar-refractivity contribution in [3.8, 4) is 0 Å². The fourth-order valence-corrected chi connectivity index (χ4v) is 4.07. The van der Waals surface area contributed by atoms with Gasteiger partial charge in [-0.1, -0.05) is 0 Å². The normalized spacial score (nSPS) is 21.5. The van der Waals surface area contributed by atoms with Crippen LogP contribution in [0.1, 0.15) is 47.4 Å². The average Bonchev–Trinajstić information content (AvgIpc) is 3.28. The van der Waals surface area contributed by atoms with Crippen molar-refractivity contribution in [2.45, 2.75) is 38.9 Å². The highest BCUT2D eigenvalue weighted by molar-refractivity contribution is 6.04. The summed E-state index contributed by atoms with van der Waals surface area (Å²) in [7, 11) is 0. The van der Waals surface area contributed by atoms with E-state index < -0.39 is 0 Å². The maximum absolute atomic E-state index is 12.6. The molecule has 0 radical (unpaired) electrons. The number of likely N-dealkylation sites (tertiary alicyclic amines) is 1. The Morgan fingerprint density at radius 1 is 0.967 bits per heavy atom. The van der Waals surface area contributed by atoms with Crippen LogP contribution < -0.4 is 10.2 Å². The number of hydrogen-bond acceptors (Lipinski definition) is 5. The first-order valence-electron chi connectivity index (χ1n) is 10.6. The standard InChI is InChI=1S/C23H28N4O3/c1-16-14-27(15-17(2)30-16)21-10-7-19(13-24-21)22(28)25-20-8-5-18(6-9-20)23(29)26-11-3-4-12-26/h5-10,13,16-17H,3-4,11-12,14-15H2,1-2H3,(H,25,28)/t16-,17-/m0/s1. The van der Waals surface area contributed by atoms with E-state index in [0.29, 0.717) is 16.8 Å². The molecule has 0 spiro atoms. The van der Waals surface area contributed by atoms with Crippen molar-refractivity contribution >= 4 is 23.3 Å². The van der Waals surface area contributed by atoms with Gasteiger partial charge in [-0.05, 0) is 63.1 Å². The molecule has 30 heavy (non-hydrogen) atoms. The summed E-state index contributed by atoms with van der Waals surface area (Å²) in [6.45, 7) is 7.31. The molecule has 2 aliphatic heterocycles. The summed E-state index contributed by atoms with van der Waals surface area (Å²) in [6.07, 6.45) is 4.03. The fraction of sp³-hybridized carbons (Fsp3) is 0.435. The first kappa shape index (κ1) is 20.3. The van der Waals surface area contributed by atoms with Gasteiger partial charge in [0.15, 0.2) is 0 Å². The molecular weight excluding hydrogens is 380 g/mol. The number of nitrogens with zero attached hydrogens (tertiary/aromatic N) is 3. The topological polar surface area (TPSA) is 74.8 Å². The van der Waals surface area contributed by atoms with Gasteiger partial charge in [0.05, 0.1) is 17.8 Å². The molecule has 1 aromatic carbocycles. The van der Waals surface area contributed by atoms with Crippen molar-refractivity contribution in [1.82, 2.24) is 9.88 Å². The van der Waals surface area contributed by atoms with Crippen molar-refractivity contribution in [3.63, 3.8) is 0 Å². The summed E-state index contributed by atoms with van der Waals surface area (Å²) >= 11 is 0. The minimum Gasteiger partial charge on any atom is -0.372 e. The van der Waals surface area contributed by atoms with E-state index >= 15 is 0 Å². The van der Waals surface area contributed by atoms with Crippen LogP contribution in [0, 0.1) is 0 Å². The number of carbonyl (C=O) groups is 2. The highest BCUT2D eigenvalue weighted by Gasteiger charge is 2.23. The van der Waals surface area contributed by atoms with Crippen LogP contribution in [-0.2, 0) is 4.74 Å². The number of nitrogens with one attached hydrogen (secondary N) is 1. The van der Waals surface area contributed by atoms with Gasteiger partial charge in [-0.3, -0.25) is 9.59 Å². The lowest BCUT2D eigenvalue weighted by Crippen LogP contribution is -2.45. The molecule has 4 rings (SSSR count). The lowest BCUT2D eigenvalue weighted by atomic mass is 10.1. The molecule has 2 fully saturated rings. The second-order valence-corrected chi connectivity index (χ2v) is 8.10. The van der Waals surface area contributed by atoms with Crippen LogP contribution >= 0.6 is 0 Å². The Balaban J connectivity index is 1.37. The van der Waals surface area contributed by atoms with Crippen LogP contribution in [-0.4, -0.2) is 60.1 Å². The molecule has 0 bridgehead atoms. The summed E-state index contributed by atoms with van der Waals surface area (Å²) in [5, 5.41) is 2.87. The van der Waals surface area contributed by atoms with E-state index in [2.05, 4.69) is 29.0 Å². The first-order chi connectivity index (χ1) is 14.5. The molecule has 1 aromatic heterocycles. The van der Waals surface area contributed by atoms with Gasteiger partial charge in [0.2, 0.25) is 0 Å².